The number of hydrogen-bond acceptors (Lipinski definition) is 3. The van der Waals surface area contributed by atoms with Crippen molar-refractivity contribution in [3.63, 3.8) is 0 Å². The van der Waals surface area contributed by atoms with Crippen LogP contribution in [0.4, 0.5) is 17.1 Å². The van der Waals surface area contributed by atoms with E-state index in [0.29, 0.717) is 0 Å². The third-order valence-corrected chi connectivity index (χ3v) is 8.95. The highest BCUT2D eigenvalue weighted by molar-refractivity contribution is 7.17. The van der Waals surface area contributed by atoms with Gasteiger partial charge >= 0.3 is 6.92 Å². The fourth-order valence-electron chi connectivity index (χ4n) is 5.99. The minimum Gasteiger partial charge on any atom is -0.551 e. The fraction of sp³-hybridized carbons (Fsp3) is 0.235. The monoisotopic (exact) mass is 513 g/mol. The molecule has 3 heterocycles. The van der Waals surface area contributed by atoms with E-state index in [1.807, 2.05) is 11.3 Å². The van der Waals surface area contributed by atoms with Gasteiger partial charge in [-0.1, -0.05) is 84.0 Å². The molecule has 2 aliphatic rings. The molecule has 7 rings (SSSR count). The first kappa shape index (κ1) is 23.6. The van der Waals surface area contributed by atoms with Gasteiger partial charge in [-0.05, 0) is 74.8 Å². The number of para-hydroxylation sites is 1. The maximum Gasteiger partial charge on any atom is 0.431 e. The molecule has 1 aromatic heterocycles. The quantitative estimate of drug-likeness (QED) is 0.209. The molecule has 0 N–H and O–H groups in total. The summed E-state index contributed by atoms with van der Waals surface area (Å²) in [5.74, 6) is 0.963. The van der Waals surface area contributed by atoms with E-state index in [2.05, 4.69) is 131 Å². The van der Waals surface area contributed by atoms with Crippen LogP contribution < -0.4 is 20.5 Å². The molecule has 0 saturated carbocycles. The predicted octanol–water partition coefficient (Wildman–Crippen LogP) is 8.44. The Labute approximate surface area is 230 Å². The number of benzene rings is 4. The molecule has 0 spiro atoms. The summed E-state index contributed by atoms with van der Waals surface area (Å²) in [6, 6.07) is 29.3. The van der Waals surface area contributed by atoms with E-state index in [0.717, 1.165) is 5.75 Å². The number of fused-ring (bicyclic) bond motifs is 6. The second-order valence-electron chi connectivity index (χ2n) is 12.7. The lowest BCUT2D eigenvalue weighted by molar-refractivity contribution is 0.585. The smallest absolute Gasteiger partial charge is 0.431 e. The van der Waals surface area contributed by atoms with E-state index in [1.165, 1.54) is 60.3 Å². The average molecular weight is 514 g/mol. The van der Waals surface area contributed by atoms with Gasteiger partial charge in [0.2, 0.25) is 0 Å². The van der Waals surface area contributed by atoms with Gasteiger partial charge in [-0.3, -0.25) is 0 Å². The molecular formula is C34H32BNOS. The Bertz CT molecular complexity index is 1720. The maximum absolute atomic E-state index is 6.88. The van der Waals surface area contributed by atoms with Crippen LogP contribution in [0, 0.1) is 0 Å². The standard InChI is InChI=1S/C34H32BNOS/c1-33(2,3)21-11-14-23(15-12-21)36-27-16-13-22(34(4,5)6)19-26(27)35-32-28(36)20-30-25(17-18-38-30)31(32)24-9-7-8-10-29(24)37-35/h7-20H,1-6H3. The summed E-state index contributed by atoms with van der Waals surface area (Å²) in [4.78, 5) is 2.46. The van der Waals surface area contributed by atoms with Crippen LogP contribution >= 0.6 is 11.3 Å². The van der Waals surface area contributed by atoms with E-state index in [9.17, 15) is 0 Å². The molecule has 5 aromatic rings. The van der Waals surface area contributed by atoms with Crippen LogP contribution in [0.2, 0.25) is 0 Å². The summed E-state index contributed by atoms with van der Waals surface area (Å²) in [7, 11) is 0. The predicted molar refractivity (Wildman–Crippen MR) is 165 cm³/mol. The highest BCUT2D eigenvalue weighted by Gasteiger charge is 2.43. The van der Waals surface area contributed by atoms with Crippen molar-refractivity contribution in [1.82, 2.24) is 0 Å². The van der Waals surface area contributed by atoms with Gasteiger partial charge in [0, 0.05) is 38.2 Å². The third kappa shape index (κ3) is 3.46. The Balaban J connectivity index is 1.56. The van der Waals surface area contributed by atoms with Crippen LogP contribution in [-0.2, 0) is 10.8 Å². The van der Waals surface area contributed by atoms with Crippen LogP contribution in [0.5, 0.6) is 5.75 Å². The molecule has 0 fully saturated rings. The van der Waals surface area contributed by atoms with Gasteiger partial charge in [0.15, 0.2) is 0 Å². The van der Waals surface area contributed by atoms with E-state index in [1.54, 1.807) is 0 Å². The molecule has 0 unspecified atom stereocenters. The summed E-state index contributed by atoms with van der Waals surface area (Å²) in [6.07, 6.45) is 0. The first-order chi connectivity index (χ1) is 18.1. The molecule has 0 aliphatic carbocycles. The topological polar surface area (TPSA) is 12.5 Å². The molecule has 2 nitrogen and oxygen atoms in total. The Hall–Kier alpha value is -3.50. The van der Waals surface area contributed by atoms with Gasteiger partial charge in [-0.2, -0.15) is 0 Å². The molecule has 4 aromatic carbocycles. The van der Waals surface area contributed by atoms with Crippen molar-refractivity contribution in [3.05, 3.63) is 95.4 Å². The van der Waals surface area contributed by atoms with Gasteiger partial charge < -0.3 is 9.55 Å². The summed E-state index contributed by atoms with van der Waals surface area (Å²) in [5, 5.41) is 3.53. The van der Waals surface area contributed by atoms with E-state index < -0.39 is 0 Å². The summed E-state index contributed by atoms with van der Waals surface area (Å²) in [5.41, 5.74) is 11.4. The highest BCUT2D eigenvalue weighted by Crippen LogP contribution is 2.47. The number of nitrogens with zero attached hydrogens (tertiary/aromatic N) is 1. The summed E-state index contributed by atoms with van der Waals surface area (Å²) >= 11 is 1.81. The van der Waals surface area contributed by atoms with Crippen LogP contribution in [0.3, 0.4) is 0 Å². The zero-order chi connectivity index (χ0) is 26.4. The summed E-state index contributed by atoms with van der Waals surface area (Å²) in [6.45, 7) is 13.5. The summed E-state index contributed by atoms with van der Waals surface area (Å²) < 4.78 is 8.19. The van der Waals surface area contributed by atoms with E-state index in [-0.39, 0.29) is 17.7 Å². The van der Waals surface area contributed by atoms with Crippen molar-refractivity contribution < 1.29 is 4.65 Å². The molecule has 0 radical (unpaired) electrons. The lowest BCUT2D eigenvalue weighted by atomic mass is 9.49. The van der Waals surface area contributed by atoms with E-state index >= 15 is 0 Å². The lowest BCUT2D eigenvalue weighted by Gasteiger charge is -2.40. The number of thiophene rings is 1. The van der Waals surface area contributed by atoms with Crippen molar-refractivity contribution >= 4 is 56.3 Å². The van der Waals surface area contributed by atoms with Crippen LogP contribution in [0.25, 0.3) is 21.2 Å². The number of hydrogen-bond donors (Lipinski definition) is 0. The molecule has 2 aliphatic heterocycles. The maximum atomic E-state index is 6.88. The van der Waals surface area contributed by atoms with Crippen molar-refractivity contribution in [2.24, 2.45) is 0 Å². The highest BCUT2D eigenvalue weighted by atomic mass is 32.1. The van der Waals surface area contributed by atoms with Gasteiger partial charge in [-0.25, -0.2) is 0 Å². The Morgan fingerprint density at radius 2 is 1.45 bits per heavy atom. The van der Waals surface area contributed by atoms with Gasteiger partial charge in [0.1, 0.15) is 5.75 Å². The minimum absolute atomic E-state index is 0.0429. The number of anilines is 3. The molecule has 4 heteroatoms. The second kappa shape index (κ2) is 8.00. The molecular weight excluding hydrogens is 481 g/mol. The second-order valence-corrected chi connectivity index (χ2v) is 13.6. The Morgan fingerprint density at radius 3 is 2.18 bits per heavy atom. The first-order valence-electron chi connectivity index (χ1n) is 13.5. The third-order valence-electron chi connectivity index (χ3n) is 8.09. The lowest BCUT2D eigenvalue weighted by Crippen LogP contribution is -2.56. The van der Waals surface area contributed by atoms with Crippen LogP contribution in [0.1, 0.15) is 52.7 Å². The zero-order valence-electron chi connectivity index (χ0n) is 22.9. The zero-order valence-corrected chi connectivity index (χ0v) is 23.7. The Kier molecular flexibility index (Phi) is 4.97. The van der Waals surface area contributed by atoms with E-state index in [4.69, 9.17) is 4.65 Å². The SMILES string of the molecule is CC(C)(C)c1ccc(N2c3ccc(C(C)(C)C)cc3B3Oc4ccccc4-c4c3c2cc2sccc42)cc1. The Morgan fingerprint density at radius 1 is 0.737 bits per heavy atom. The minimum atomic E-state index is -0.151. The van der Waals surface area contributed by atoms with Crippen molar-refractivity contribution in [1.29, 1.82) is 0 Å². The van der Waals surface area contributed by atoms with Crippen LogP contribution in [-0.4, -0.2) is 6.92 Å². The van der Waals surface area contributed by atoms with Crippen molar-refractivity contribution in [3.8, 4) is 16.9 Å². The molecule has 188 valence electrons. The molecule has 0 saturated heterocycles. The van der Waals surface area contributed by atoms with Crippen molar-refractivity contribution in [2.75, 3.05) is 4.90 Å². The molecule has 38 heavy (non-hydrogen) atoms. The molecule has 0 atom stereocenters. The van der Waals surface area contributed by atoms with Crippen molar-refractivity contribution in [2.45, 2.75) is 52.4 Å². The van der Waals surface area contributed by atoms with Gasteiger partial charge in [0.05, 0.1) is 0 Å². The normalized spacial score (nSPS) is 14.2. The molecule has 0 bridgehead atoms. The molecule has 0 amide bonds. The van der Waals surface area contributed by atoms with Crippen LogP contribution in [0.15, 0.2) is 84.2 Å². The first-order valence-corrected chi connectivity index (χ1v) is 14.3. The fourth-order valence-corrected chi connectivity index (χ4v) is 6.82. The van der Waals surface area contributed by atoms with Gasteiger partial charge in [0.25, 0.3) is 0 Å². The number of rotatable bonds is 1. The average Bonchev–Trinajstić information content (AvgIpc) is 3.36. The largest absolute Gasteiger partial charge is 0.551 e. The van der Waals surface area contributed by atoms with Gasteiger partial charge in [-0.15, -0.1) is 11.3 Å².